The number of rotatable bonds is 5. The third-order valence-electron chi connectivity index (χ3n) is 3.11. The van der Waals surface area contributed by atoms with Crippen molar-refractivity contribution in [2.75, 3.05) is 7.11 Å². The number of benzene rings is 2. The number of hydrogen-bond acceptors (Lipinski definition) is 5. The Bertz CT molecular complexity index is 820. The first kappa shape index (κ1) is 18.2. The lowest BCUT2D eigenvalue weighted by Gasteiger charge is -2.11. The van der Waals surface area contributed by atoms with Crippen LogP contribution in [0.1, 0.15) is 11.1 Å². The summed E-state index contributed by atoms with van der Waals surface area (Å²) in [4.78, 5) is 14.5. The smallest absolute Gasteiger partial charge is 0.496 e. The monoisotopic (exact) mass is 354 g/mol. The number of alkyl halides is 3. The average molecular weight is 354 g/mol. The number of aliphatic imine (C=N–C) groups is 1. The van der Waals surface area contributed by atoms with Gasteiger partial charge >= 0.3 is 6.36 Å². The topological polar surface area (TPSA) is 74.0 Å². The van der Waals surface area contributed by atoms with Gasteiger partial charge in [0.05, 0.1) is 12.0 Å². The number of nitro groups is 1. The van der Waals surface area contributed by atoms with Crippen molar-refractivity contribution in [2.24, 2.45) is 4.99 Å². The van der Waals surface area contributed by atoms with Crippen molar-refractivity contribution in [3.05, 3.63) is 57.6 Å². The molecule has 0 aromatic heterocycles. The van der Waals surface area contributed by atoms with Crippen LogP contribution in [0.3, 0.4) is 0 Å². The molecule has 0 fully saturated rings. The van der Waals surface area contributed by atoms with Crippen LogP contribution in [-0.4, -0.2) is 24.6 Å². The Labute approximate surface area is 140 Å². The normalized spacial score (nSPS) is 11.6. The summed E-state index contributed by atoms with van der Waals surface area (Å²) in [6.45, 7) is 1.70. The van der Waals surface area contributed by atoms with Crippen molar-refractivity contribution >= 4 is 17.6 Å². The number of nitro benzene ring substituents is 1. The largest absolute Gasteiger partial charge is 0.573 e. The fourth-order valence-corrected chi connectivity index (χ4v) is 2.04. The molecule has 25 heavy (non-hydrogen) atoms. The highest BCUT2D eigenvalue weighted by Crippen LogP contribution is 2.30. The fourth-order valence-electron chi connectivity index (χ4n) is 2.04. The summed E-state index contributed by atoms with van der Waals surface area (Å²) in [5.41, 5.74) is 0.723. The van der Waals surface area contributed by atoms with Gasteiger partial charge in [-0.3, -0.25) is 10.1 Å². The standard InChI is InChI=1S/C16H13F3N2O4/c1-10-3-5-13(14(7-10)21(22)23)20-9-11-8-12(25-16(17,18)19)4-6-15(11)24-2/h3-9H,1-2H3. The molecule has 0 saturated heterocycles. The summed E-state index contributed by atoms with van der Waals surface area (Å²) in [5.74, 6) is -0.207. The summed E-state index contributed by atoms with van der Waals surface area (Å²) in [5, 5.41) is 11.1. The molecule has 9 heteroatoms. The Balaban J connectivity index is 2.40. The zero-order valence-electron chi connectivity index (χ0n) is 13.2. The quantitative estimate of drug-likeness (QED) is 0.448. The molecule has 0 N–H and O–H groups in total. The summed E-state index contributed by atoms with van der Waals surface area (Å²) < 4.78 is 45.9. The van der Waals surface area contributed by atoms with E-state index in [9.17, 15) is 23.3 Å². The minimum Gasteiger partial charge on any atom is -0.496 e. The lowest BCUT2D eigenvalue weighted by molar-refractivity contribution is -0.384. The predicted molar refractivity (Wildman–Crippen MR) is 84.8 cm³/mol. The molecule has 0 atom stereocenters. The molecule has 6 nitrogen and oxygen atoms in total. The van der Waals surface area contributed by atoms with Gasteiger partial charge in [0.15, 0.2) is 0 Å². The SMILES string of the molecule is COc1ccc(OC(F)(F)F)cc1C=Nc1ccc(C)cc1[N+](=O)[O-]. The first-order chi connectivity index (χ1) is 11.7. The van der Waals surface area contributed by atoms with Crippen molar-refractivity contribution in [1.29, 1.82) is 0 Å². The predicted octanol–water partition coefficient (Wildman–Crippen LogP) is 4.56. The number of nitrogens with zero attached hydrogens (tertiary/aromatic N) is 2. The van der Waals surface area contributed by atoms with E-state index >= 15 is 0 Å². The minimum atomic E-state index is -4.83. The highest BCUT2D eigenvalue weighted by Gasteiger charge is 2.31. The van der Waals surface area contributed by atoms with Gasteiger partial charge in [-0.2, -0.15) is 0 Å². The van der Waals surface area contributed by atoms with Crippen LogP contribution < -0.4 is 9.47 Å². The second-order valence-corrected chi connectivity index (χ2v) is 4.96. The molecule has 0 radical (unpaired) electrons. The lowest BCUT2D eigenvalue weighted by atomic mass is 10.2. The van der Waals surface area contributed by atoms with E-state index in [0.29, 0.717) is 5.56 Å². The maximum absolute atomic E-state index is 12.3. The van der Waals surface area contributed by atoms with E-state index in [0.717, 1.165) is 12.1 Å². The number of aryl methyl sites for hydroxylation is 1. The van der Waals surface area contributed by atoms with Gasteiger partial charge in [0.1, 0.15) is 17.2 Å². The van der Waals surface area contributed by atoms with E-state index in [1.165, 1.54) is 31.5 Å². The maximum Gasteiger partial charge on any atom is 0.573 e. The number of methoxy groups -OCH3 is 1. The van der Waals surface area contributed by atoms with E-state index in [4.69, 9.17) is 4.74 Å². The van der Waals surface area contributed by atoms with Crippen molar-refractivity contribution in [3.8, 4) is 11.5 Å². The van der Waals surface area contributed by atoms with Gasteiger partial charge in [0.2, 0.25) is 0 Å². The Morgan fingerprint density at radius 3 is 2.52 bits per heavy atom. The van der Waals surface area contributed by atoms with Crippen LogP contribution in [-0.2, 0) is 0 Å². The summed E-state index contributed by atoms with van der Waals surface area (Å²) in [7, 11) is 1.34. The van der Waals surface area contributed by atoms with Crippen LogP contribution in [0.15, 0.2) is 41.4 Å². The van der Waals surface area contributed by atoms with Crippen LogP contribution in [0.2, 0.25) is 0 Å². The van der Waals surface area contributed by atoms with E-state index < -0.39 is 17.0 Å². The van der Waals surface area contributed by atoms with Crippen LogP contribution in [0, 0.1) is 17.0 Å². The van der Waals surface area contributed by atoms with Crippen LogP contribution >= 0.6 is 0 Å². The van der Waals surface area contributed by atoms with Crippen molar-refractivity contribution in [3.63, 3.8) is 0 Å². The molecule has 2 aromatic rings. The molecule has 0 heterocycles. The van der Waals surface area contributed by atoms with Gasteiger partial charge < -0.3 is 9.47 Å². The van der Waals surface area contributed by atoms with Gasteiger partial charge in [0.25, 0.3) is 5.69 Å². The first-order valence-corrected chi connectivity index (χ1v) is 6.92. The Morgan fingerprint density at radius 2 is 1.92 bits per heavy atom. The molecular weight excluding hydrogens is 341 g/mol. The molecule has 0 amide bonds. The molecule has 0 aliphatic rings. The van der Waals surface area contributed by atoms with E-state index in [1.807, 2.05) is 0 Å². The van der Waals surface area contributed by atoms with Gasteiger partial charge in [0, 0.05) is 17.8 Å². The van der Waals surface area contributed by atoms with E-state index in [2.05, 4.69) is 9.73 Å². The fraction of sp³-hybridized carbons (Fsp3) is 0.188. The zero-order chi connectivity index (χ0) is 18.6. The molecule has 2 rings (SSSR count). The van der Waals surface area contributed by atoms with Crippen molar-refractivity contribution < 1.29 is 27.6 Å². The minimum absolute atomic E-state index is 0.0693. The first-order valence-electron chi connectivity index (χ1n) is 6.92. The second kappa shape index (κ2) is 7.20. The number of halogens is 3. The van der Waals surface area contributed by atoms with Gasteiger partial charge in [-0.25, -0.2) is 4.99 Å². The van der Waals surface area contributed by atoms with Crippen LogP contribution in [0.5, 0.6) is 11.5 Å². The third kappa shape index (κ3) is 4.93. The zero-order valence-corrected chi connectivity index (χ0v) is 13.2. The summed E-state index contributed by atoms with van der Waals surface area (Å²) in [6, 6.07) is 7.90. The molecule has 0 spiro atoms. The van der Waals surface area contributed by atoms with Crippen molar-refractivity contribution in [2.45, 2.75) is 13.3 Å². The molecule has 0 bridgehead atoms. The highest BCUT2D eigenvalue weighted by molar-refractivity contribution is 5.87. The molecule has 0 aliphatic heterocycles. The second-order valence-electron chi connectivity index (χ2n) is 4.96. The van der Waals surface area contributed by atoms with Crippen LogP contribution in [0.25, 0.3) is 0 Å². The van der Waals surface area contributed by atoms with E-state index in [1.54, 1.807) is 13.0 Å². The molecule has 0 unspecified atom stereocenters. The van der Waals surface area contributed by atoms with Gasteiger partial charge in [-0.05, 0) is 36.8 Å². The van der Waals surface area contributed by atoms with Gasteiger partial charge in [-0.1, -0.05) is 6.07 Å². The van der Waals surface area contributed by atoms with E-state index in [-0.39, 0.29) is 22.7 Å². The summed E-state index contributed by atoms with van der Waals surface area (Å²) in [6.07, 6.45) is -3.65. The lowest BCUT2D eigenvalue weighted by Crippen LogP contribution is -2.17. The molecule has 0 saturated carbocycles. The highest BCUT2D eigenvalue weighted by atomic mass is 19.4. The molecule has 0 aliphatic carbocycles. The maximum atomic E-state index is 12.3. The van der Waals surface area contributed by atoms with Crippen molar-refractivity contribution in [1.82, 2.24) is 0 Å². The molecular formula is C16H13F3N2O4. The third-order valence-corrected chi connectivity index (χ3v) is 3.11. The Kier molecular flexibility index (Phi) is 5.26. The molecule has 2 aromatic carbocycles. The number of ether oxygens (including phenoxy) is 2. The Hall–Kier alpha value is -3.10. The number of hydrogen-bond donors (Lipinski definition) is 0. The van der Waals surface area contributed by atoms with Crippen LogP contribution in [0.4, 0.5) is 24.5 Å². The summed E-state index contributed by atoms with van der Waals surface area (Å²) >= 11 is 0. The average Bonchev–Trinajstić information content (AvgIpc) is 2.52. The van der Waals surface area contributed by atoms with Gasteiger partial charge in [-0.15, -0.1) is 13.2 Å². The Morgan fingerprint density at radius 1 is 1.20 bits per heavy atom. The molecule has 132 valence electrons.